The first-order valence-corrected chi connectivity index (χ1v) is 10.3. The Bertz CT molecular complexity index is 972. The van der Waals surface area contributed by atoms with Crippen molar-refractivity contribution in [3.8, 4) is 17.0 Å². The summed E-state index contributed by atoms with van der Waals surface area (Å²) in [5.41, 5.74) is 4.44. The van der Waals surface area contributed by atoms with Crippen molar-refractivity contribution in [2.75, 3.05) is 25.1 Å². The second-order valence-electron chi connectivity index (χ2n) is 6.92. The Labute approximate surface area is 169 Å². The van der Waals surface area contributed by atoms with Gasteiger partial charge in [0.2, 0.25) is 0 Å². The SMILES string of the molecule is COc1ccccc1N1CCC(NC(=O)c2ccc(-c3ccsc3)nc2C)C1. The molecule has 3 aromatic rings. The molecule has 0 aliphatic carbocycles. The van der Waals surface area contributed by atoms with E-state index in [4.69, 9.17) is 4.74 Å². The van der Waals surface area contributed by atoms with Gasteiger partial charge in [-0.05, 0) is 49.1 Å². The van der Waals surface area contributed by atoms with Crippen LogP contribution in [0.1, 0.15) is 22.5 Å². The van der Waals surface area contributed by atoms with Gasteiger partial charge < -0.3 is 15.0 Å². The van der Waals surface area contributed by atoms with Crippen LogP contribution in [0.25, 0.3) is 11.3 Å². The predicted octanol–water partition coefficient (Wildman–Crippen LogP) is 4.14. The number of hydrogen-bond donors (Lipinski definition) is 1. The molecule has 1 aliphatic rings. The van der Waals surface area contributed by atoms with E-state index in [0.29, 0.717) is 5.56 Å². The molecule has 1 N–H and O–H groups in total. The number of rotatable bonds is 5. The van der Waals surface area contributed by atoms with E-state index in [1.807, 2.05) is 48.7 Å². The molecule has 0 bridgehead atoms. The number of carbonyl (C=O) groups excluding carboxylic acids is 1. The molecule has 1 atom stereocenters. The molecule has 0 saturated carbocycles. The Morgan fingerprint density at radius 3 is 2.86 bits per heavy atom. The zero-order chi connectivity index (χ0) is 19.5. The van der Waals surface area contributed by atoms with Crippen LogP contribution in [0.4, 0.5) is 5.69 Å². The van der Waals surface area contributed by atoms with Gasteiger partial charge in [-0.25, -0.2) is 0 Å². The van der Waals surface area contributed by atoms with Crippen molar-refractivity contribution in [1.29, 1.82) is 0 Å². The lowest BCUT2D eigenvalue weighted by Crippen LogP contribution is -2.37. The Kier molecular flexibility index (Phi) is 5.30. The van der Waals surface area contributed by atoms with Crippen LogP contribution in [0.2, 0.25) is 0 Å². The minimum Gasteiger partial charge on any atom is -0.495 e. The summed E-state index contributed by atoms with van der Waals surface area (Å²) in [5.74, 6) is 0.798. The lowest BCUT2D eigenvalue weighted by Gasteiger charge is -2.21. The number of thiophene rings is 1. The van der Waals surface area contributed by atoms with E-state index in [2.05, 4.69) is 26.6 Å². The summed E-state index contributed by atoms with van der Waals surface area (Å²) >= 11 is 1.64. The van der Waals surface area contributed by atoms with Gasteiger partial charge in [0.25, 0.3) is 5.91 Å². The highest BCUT2D eigenvalue weighted by molar-refractivity contribution is 7.08. The fourth-order valence-electron chi connectivity index (χ4n) is 3.62. The Morgan fingerprint density at radius 2 is 2.11 bits per heavy atom. The highest BCUT2D eigenvalue weighted by Gasteiger charge is 2.26. The van der Waals surface area contributed by atoms with Crippen molar-refractivity contribution in [1.82, 2.24) is 10.3 Å². The average molecular weight is 394 g/mol. The van der Waals surface area contributed by atoms with Crippen LogP contribution in [0, 0.1) is 6.92 Å². The molecule has 1 aliphatic heterocycles. The normalized spacial score (nSPS) is 16.2. The monoisotopic (exact) mass is 393 g/mol. The van der Waals surface area contributed by atoms with E-state index >= 15 is 0 Å². The molecule has 144 valence electrons. The summed E-state index contributed by atoms with van der Waals surface area (Å²) < 4.78 is 5.46. The number of amides is 1. The lowest BCUT2D eigenvalue weighted by atomic mass is 10.1. The maximum absolute atomic E-state index is 12.8. The molecule has 5 nitrogen and oxygen atoms in total. The number of methoxy groups -OCH3 is 1. The standard InChI is InChI=1S/C22H23N3O2S/c1-15-18(7-8-19(23-15)16-10-12-28-14-16)22(26)24-17-9-11-25(13-17)20-5-3-4-6-21(20)27-2/h3-8,10,12,14,17H,9,11,13H2,1-2H3,(H,24,26). The van der Waals surface area contributed by atoms with E-state index in [0.717, 1.165) is 47.9 Å². The number of ether oxygens (including phenoxy) is 1. The first kappa shape index (κ1) is 18.5. The van der Waals surface area contributed by atoms with Gasteiger partial charge in [0.15, 0.2) is 0 Å². The molecule has 1 fully saturated rings. The van der Waals surface area contributed by atoms with E-state index in [-0.39, 0.29) is 11.9 Å². The molecule has 1 amide bonds. The van der Waals surface area contributed by atoms with Crippen LogP contribution in [0.5, 0.6) is 5.75 Å². The second-order valence-corrected chi connectivity index (χ2v) is 7.70. The number of aryl methyl sites for hydroxylation is 1. The summed E-state index contributed by atoms with van der Waals surface area (Å²) in [6.07, 6.45) is 0.906. The molecule has 4 rings (SSSR count). The minimum atomic E-state index is -0.0613. The van der Waals surface area contributed by atoms with Crippen LogP contribution in [-0.2, 0) is 0 Å². The number of hydrogen-bond acceptors (Lipinski definition) is 5. The number of para-hydroxylation sites is 2. The second kappa shape index (κ2) is 8.02. The van der Waals surface area contributed by atoms with Gasteiger partial charge in [0.1, 0.15) is 5.75 Å². The summed E-state index contributed by atoms with van der Waals surface area (Å²) in [6, 6.07) is 13.9. The molecule has 0 radical (unpaired) electrons. The van der Waals surface area contributed by atoms with Crippen molar-refractivity contribution in [2.45, 2.75) is 19.4 Å². The molecule has 3 heterocycles. The van der Waals surface area contributed by atoms with Crippen LogP contribution in [-0.4, -0.2) is 37.1 Å². The molecule has 2 aromatic heterocycles. The first-order valence-electron chi connectivity index (χ1n) is 9.35. The Balaban J connectivity index is 1.43. The van der Waals surface area contributed by atoms with Gasteiger partial charge in [-0.3, -0.25) is 9.78 Å². The summed E-state index contributed by atoms with van der Waals surface area (Å²) in [6.45, 7) is 3.55. The highest BCUT2D eigenvalue weighted by Crippen LogP contribution is 2.30. The molecular formula is C22H23N3O2S. The van der Waals surface area contributed by atoms with Crippen LogP contribution >= 0.6 is 11.3 Å². The molecule has 6 heteroatoms. The zero-order valence-electron chi connectivity index (χ0n) is 16.0. The van der Waals surface area contributed by atoms with Crippen molar-refractivity contribution < 1.29 is 9.53 Å². The number of pyridine rings is 1. The summed E-state index contributed by atoms with van der Waals surface area (Å²) in [7, 11) is 1.68. The smallest absolute Gasteiger partial charge is 0.253 e. The number of carbonyl (C=O) groups is 1. The van der Waals surface area contributed by atoms with Gasteiger partial charge in [-0.1, -0.05) is 12.1 Å². The number of nitrogens with one attached hydrogen (secondary N) is 1. The van der Waals surface area contributed by atoms with Crippen LogP contribution in [0.3, 0.4) is 0 Å². The molecule has 0 spiro atoms. The summed E-state index contributed by atoms with van der Waals surface area (Å²) in [4.78, 5) is 19.7. The molecule has 1 saturated heterocycles. The third kappa shape index (κ3) is 3.73. The molecular weight excluding hydrogens is 370 g/mol. The topological polar surface area (TPSA) is 54.5 Å². The maximum Gasteiger partial charge on any atom is 0.253 e. The van der Waals surface area contributed by atoms with E-state index in [1.165, 1.54) is 0 Å². The Morgan fingerprint density at radius 1 is 1.25 bits per heavy atom. The molecule has 28 heavy (non-hydrogen) atoms. The number of anilines is 1. The van der Waals surface area contributed by atoms with E-state index in [1.54, 1.807) is 18.4 Å². The van der Waals surface area contributed by atoms with Gasteiger partial charge in [0, 0.05) is 30.1 Å². The maximum atomic E-state index is 12.8. The average Bonchev–Trinajstić information content (AvgIpc) is 3.40. The van der Waals surface area contributed by atoms with Crippen molar-refractivity contribution in [3.05, 3.63) is 64.5 Å². The number of aromatic nitrogens is 1. The largest absolute Gasteiger partial charge is 0.495 e. The minimum absolute atomic E-state index is 0.0613. The van der Waals surface area contributed by atoms with E-state index in [9.17, 15) is 4.79 Å². The van der Waals surface area contributed by atoms with E-state index < -0.39 is 0 Å². The van der Waals surface area contributed by atoms with Crippen LogP contribution in [0.15, 0.2) is 53.2 Å². The highest BCUT2D eigenvalue weighted by atomic mass is 32.1. The van der Waals surface area contributed by atoms with Gasteiger partial charge in [-0.15, -0.1) is 0 Å². The quantitative estimate of drug-likeness (QED) is 0.708. The fraction of sp³-hybridized carbons (Fsp3) is 0.273. The first-order chi connectivity index (χ1) is 13.7. The van der Waals surface area contributed by atoms with Crippen molar-refractivity contribution in [3.63, 3.8) is 0 Å². The summed E-state index contributed by atoms with van der Waals surface area (Å²) in [5, 5.41) is 7.26. The molecule has 1 unspecified atom stereocenters. The zero-order valence-corrected chi connectivity index (χ0v) is 16.8. The van der Waals surface area contributed by atoms with Crippen molar-refractivity contribution >= 4 is 22.9 Å². The number of benzene rings is 1. The fourth-order valence-corrected chi connectivity index (χ4v) is 4.27. The van der Waals surface area contributed by atoms with Gasteiger partial charge in [-0.2, -0.15) is 11.3 Å². The third-order valence-electron chi connectivity index (χ3n) is 5.10. The molecule has 1 aromatic carbocycles. The lowest BCUT2D eigenvalue weighted by molar-refractivity contribution is 0.0939. The van der Waals surface area contributed by atoms with Gasteiger partial charge in [0.05, 0.1) is 29.7 Å². The van der Waals surface area contributed by atoms with Crippen LogP contribution < -0.4 is 15.0 Å². The van der Waals surface area contributed by atoms with Gasteiger partial charge >= 0.3 is 0 Å². The predicted molar refractivity (Wildman–Crippen MR) is 113 cm³/mol. The van der Waals surface area contributed by atoms with Crippen molar-refractivity contribution in [2.24, 2.45) is 0 Å². The number of nitrogens with zero attached hydrogens (tertiary/aromatic N) is 2. The third-order valence-corrected chi connectivity index (χ3v) is 5.78. The Hall–Kier alpha value is -2.86.